The quantitative estimate of drug-likeness (QED) is 0.184. The van der Waals surface area contributed by atoms with Crippen LogP contribution >= 0.6 is 46.1 Å². The first-order valence-electron chi connectivity index (χ1n) is 9.28. The molecule has 172 valence electrons. The standard InChI is InChI=1S/C22H16Cl3NO5S2/c1-2-11-26(17-6-4-3-5-15(17)23)33(29,30)20-12-14(7-8-16(20)24)22(28)31-13-18(27)19-9-10-21(25)32-19/h2-10,12H,1,11,13H2. The molecule has 0 amide bonds. The van der Waals surface area contributed by atoms with Crippen LogP contribution in [-0.2, 0) is 14.8 Å². The largest absolute Gasteiger partial charge is 0.454 e. The molecule has 33 heavy (non-hydrogen) atoms. The Balaban J connectivity index is 1.89. The topological polar surface area (TPSA) is 80.8 Å². The number of ether oxygens (including phenoxy) is 1. The number of ketones is 1. The van der Waals surface area contributed by atoms with E-state index in [0.717, 1.165) is 21.7 Å². The third kappa shape index (κ3) is 5.77. The highest BCUT2D eigenvalue weighted by molar-refractivity contribution is 7.93. The van der Waals surface area contributed by atoms with Gasteiger partial charge in [0.1, 0.15) is 4.90 Å². The minimum Gasteiger partial charge on any atom is -0.454 e. The fraction of sp³-hybridized carbons (Fsp3) is 0.0909. The first-order valence-corrected chi connectivity index (χ1v) is 12.7. The fourth-order valence-corrected chi connectivity index (χ4v) is 6.01. The van der Waals surface area contributed by atoms with Gasteiger partial charge in [-0.25, -0.2) is 13.2 Å². The summed E-state index contributed by atoms with van der Waals surface area (Å²) in [5.41, 5.74) is 0.135. The zero-order valence-electron chi connectivity index (χ0n) is 16.8. The van der Waals surface area contributed by atoms with E-state index in [0.29, 0.717) is 9.21 Å². The number of Topliss-reactive ketones (excluding diaryl/α,β-unsaturated/α-hetero) is 1. The number of halogens is 3. The molecule has 0 radical (unpaired) electrons. The van der Waals surface area contributed by atoms with Gasteiger partial charge in [-0.15, -0.1) is 17.9 Å². The van der Waals surface area contributed by atoms with Gasteiger partial charge >= 0.3 is 5.97 Å². The average Bonchev–Trinajstić information content (AvgIpc) is 3.22. The number of nitrogens with zero attached hydrogens (tertiary/aromatic N) is 1. The predicted octanol–water partition coefficient (Wildman–Crippen LogP) is 6.13. The highest BCUT2D eigenvalue weighted by Crippen LogP contribution is 2.33. The molecule has 11 heteroatoms. The number of carbonyl (C=O) groups excluding carboxylic acids is 2. The molecule has 0 spiro atoms. The molecule has 1 aromatic heterocycles. The molecule has 0 saturated carbocycles. The number of hydrogen-bond acceptors (Lipinski definition) is 6. The van der Waals surface area contributed by atoms with Crippen molar-refractivity contribution in [2.75, 3.05) is 17.5 Å². The summed E-state index contributed by atoms with van der Waals surface area (Å²) in [5.74, 6) is -1.31. The van der Waals surface area contributed by atoms with Crippen molar-refractivity contribution >= 4 is 73.6 Å². The van der Waals surface area contributed by atoms with Crippen LogP contribution in [0.5, 0.6) is 0 Å². The van der Waals surface area contributed by atoms with Gasteiger partial charge < -0.3 is 4.74 Å². The monoisotopic (exact) mass is 543 g/mol. The molecule has 0 aliphatic carbocycles. The van der Waals surface area contributed by atoms with E-state index < -0.39 is 28.4 Å². The number of anilines is 1. The third-order valence-electron chi connectivity index (χ3n) is 4.33. The highest BCUT2D eigenvalue weighted by atomic mass is 35.5. The van der Waals surface area contributed by atoms with Crippen LogP contribution in [0.1, 0.15) is 20.0 Å². The van der Waals surface area contributed by atoms with Crippen LogP contribution in [0.3, 0.4) is 0 Å². The van der Waals surface area contributed by atoms with Gasteiger partial charge in [0, 0.05) is 0 Å². The van der Waals surface area contributed by atoms with E-state index in [2.05, 4.69) is 6.58 Å². The number of thiophene rings is 1. The lowest BCUT2D eigenvalue weighted by atomic mass is 10.2. The van der Waals surface area contributed by atoms with Gasteiger partial charge in [-0.3, -0.25) is 9.10 Å². The predicted molar refractivity (Wildman–Crippen MR) is 132 cm³/mol. The van der Waals surface area contributed by atoms with E-state index >= 15 is 0 Å². The summed E-state index contributed by atoms with van der Waals surface area (Å²) in [6, 6.07) is 13.2. The summed E-state index contributed by atoms with van der Waals surface area (Å²) in [6.07, 6.45) is 1.40. The van der Waals surface area contributed by atoms with Gasteiger partial charge in [0.25, 0.3) is 10.0 Å². The molecule has 3 rings (SSSR count). The van der Waals surface area contributed by atoms with Gasteiger partial charge in [0.2, 0.25) is 5.78 Å². The Bertz CT molecular complexity index is 1320. The molecule has 2 aromatic carbocycles. The number of esters is 1. The second-order valence-corrected chi connectivity index (χ2v) is 10.9. The molecule has 0 aliphatic heterocycles. The van der Waals surface area contributed by atoms with Gasteiger partial charge in [-0.05, 0) is 42.5 Å². The van der Waals surface area contributed by atoms with Crippen molar-refractivity contribution in [2.45, 2.75) is 4.90 Å². The van der Waals surface area contributed by atoms with Crippen molar-refractivity contribution in [3.63, 3.8) is 0 Å². The van der Waals surface area contributed by atoms with E-state index in [1.165, 1.54) is 30.3 Å². The van der Waals surface area contributed by atoms with Crippen LogP contribution in [0, 0.1) is 0 Å². The highest BCUT2D eigenvalue weighted by Gasteiger charge is 2.29. The number of sulfonamides is 1. The first-order chi connectivity index (χ1) is 15.6. The Kier molecular flexibility index (Phi) is 8.20. The number of rotatable bonds is 9. The van der Waals surface area contributed by atoms with Crippen LogP contribution < -0.4 is 4.31 Å². The normalized spacial score (nSPS) is 11.1. The molecule has 0 unspecified atom stereocenters. The van der Waals surface area contributed by atoms with Gasteiger partial charge in [-0.2, -0.15) is 0 Å². The second-order valence-electron chi connectivity index (χ2n) is 6.52. The number of hydrogen-bond donors (Lipinski definition) is 0. The summed E-state index contributed by atoms with van der Waals surface area (Å²) in [5, 5.41) is 0.110. The van der Waals surface area contributed by atoms with Crippen LogP contribution in [0.15, 0.2) is 72.1 Å². The first kappa shape index (κ1) is 25.3. The summed E-state index contributed by atoms with van der Waals surface area (Å²) in [4.78, 5) is 24.7. The van der Waals surface area contributed by atoms with Crippen molar-refractivity contribution in [1.82, 2.24) is 0 Å². The molecule has 0 bridgehead atoms. The Hall–Kier alpha value is -2.36. The fourth-order valence-electron chi connectivity index (χ4n) is 2.79. The van der Waals surface area contributed by atoms with Crippen molar-refractivity contribution in [3.05, 3.63) is 92.1 Å². The van der Waals surface area contributed by atoms with Crippen LogP contribution in [-0.4, -0.2) is 33.3 Å². The lowest BCUT2D eigenvalue weighted by Gasteiger charge is -2.24. The third-order valence-corrected chi connectivity index (χ3v) is 8.19. The Morgan fingerprint density at radius 2 is 1.76 bits per heavy atom. The molecular weight excluding hydrogens is 529 g/mol. The minimum absolute atomic E-state index is 0.0883. The van der Waals surface area contributed by atoms with E-state index in [1.54, 1.807) is 24.3 Å². The Morgan fingerprint density at radius 3 is 2.39 bits per heavy atom. The number of carbonyl (C=O) groups is 2. The molecular formula is C22H16Cl3NO5S2. The number of benzene rings is 2. The van der Waals surface area contributed by atoms with Crippen LogP contribution in [0.4, 0.5) is 5.69 Å². The molecule has 0 atom stereocenters. The molecule has 0 aliphatic rings. The van der Waals surface area contributed by atoms with Gasteiger partial charge in [0.15, 0.2) is 6.61 Å². The molecule has 3 aromatic rings. The lowest BCUT2D eigenvalue weighted by Crippen LogP contribution is -2.31. The van der Waals surface area contributed by atoms with E-state index in [9.17, 15) is 18.0 Å². The smallest absolute Gasteiger partial charge is 0.338 e. The van der Waals surface area contributed by atoms with Crippen molar-refractivity contribution in [2.24, 2.45) is 0 Å². The summed E-state index contributed by atoms with van der Waals surface area (Å²) < 4.78 is 33.4. The maximum Gasteiger partial charge on any atom is 0.338 e. The van der Waals surface area contributed by atoms with E-state index in [4.69, 9.17) is 39.5 Å². The average molecular weight is 545 g/mol. The Morgan fingerprint density at radius 1 is 1.03 bits per heavy atom. The molecule has 6 nitrogen and oxygen atoms in total. The molecule has 0 fully saturated rings. The van der Waals surface area contributed by atoms with Crippen LogP contribution in [0.25, 0.3) is 0 Å². The van der Waals surface area contributed by atoms with E-state index in [-0.39, 0.29) is 32.7 Å². The molecule has 1 heterocycles. The van der Waals surface area contributed by atoms with Crippen molar-refractivity contribution in [3.8, 4) is 0 Å². The van der Waals surface area contributed by atoms with Gasteiger partial charge in [0.05, 0.1) is 37.1 Å². The van der Waals surface area contributed by atoms with Crippen LogP contribution in [0.2, 0.25) is 14.4 Å². The van der Waals surface area contributed by atoms with Crippen molar-refractivity contribution < 1.29 is 22.7 Å². The zero-order valence-corrected chi connectivity index (χ0v) is 20.7. The summed E-state index contributed by atoms with van der Waals surface area (Å²) in [6.45, 7) is 2.99. The lowest BCUT2D eigenvalue weighted by molar-refractivity contribution is 0.0475. The summed E-state index contributed by atoms with van der Waals surface area (Å²) in [7, 11) is -4.24. The molecule has 0 saturated heterocycles. The van der Waals surface area contributed by atoms with Crippen molar-refractivity contribution in [1.29, 1.82) is 0 Å². The Labute approximate surface area is 210 Å². The maximum absolute atomic E-state index is 13.4. The minimum atomic E-state index is -4.24. The molecule has 0 N–H and O–H groups in total. The van der Waals surface area contributed by atoms with E-state index in [1.807, 2.05) is 0 Å². The SMILES string of the molecule is C=CCN(c1ccccc1Cl)S(=O)(=O)c1cc(C(=O)OCC(=O)c2ccc(Cl)s2)ccc1Cl. The summed E-state index contributed by atoms with van der Waals surface area (Å²) >= 11 is 19.3. The second kappa shape index (κ2) is 10.7. The van der Waals surface area contributed by atoms with Gasteiger partial charge in [-0.1, -0.05) is 53.0 Å². The zero-order chi connectivity index (χ0) is 24.2. The number of para-hydroxylation sites is 1. The maximum atomic E-state index is 13.4.